The van der Waals surface area contributed by atoms with Gasteiger partial charge in [0.25, 0.3) is 0 Å². The maximum Gasteiger partial charge on any atom is 0.0217 e. The van der Waals surface area contributed by atoms with E-state index in [1.165, 1.54) is 27.8 Å². The smallest absolute Gasteiger partial charge is 0.0217 e. The van der Waals surface area contributed by atoms with E-state index in [4.69, 9.17) is 0 Å². The minimum absolute atomic E-state index is 0.335. The highest BCUT2D eigenvalue weighted by Gasteiger charge is 2.20. The van der Waals surface area contributed by atoms with Crippen LogP contribution < -0.4 is 0 Å². The number of hydrogen-bond acceptors (Lipinski definition) is 0. The second kappa shape index (κ2) is 6.10. The summed E-state index contributed by atoms with van der Waals surface area (Å²) in [6.07, 6.45) is 4.76. The van der Waals surface area contributed by atoms with Gasteiger partial charge < -0.3 is 0 Å². The molecule has 0 heterocycles. The molecule has 0 aliphatic heterocycles. The topological polar surface area (TPSA) is 0 Å². The highest BCUT2D eigenvalue weighted by Crippen LogP contribution is 2.41. The molecule has 0 heteroatoms. The standard InChI is InChI=1S/C23H18/c1-4-10-18(11-5-1)21-16-22(19-12-6-2-7-13-19)23(17-21)20-14-8-3-9-15-20/h1-17,21H. The Morgan fingerprint density at radius 2 is 0.826 bits per heavy atom. The van der Waals surface area contributed by atoms with Crippen molar-refractivity contribution in [2.75, 3.05) is 0 Å². The summed E-state index contributed by atoms with van der Waals surface area (Å²) in [6.45, 7) is 0. The molecule has 0 aromatic heterocycles. The van der Waals surface area contributed by atoms with Gasteiger partial charge in [-0.15, -0.1) is 0 Å². The Bertz CT molecular complexity index is 785. The van der Waals surface area contributed by atoms with Crippen LogP contribution in [0.1, 0.15) is 22.6 Å². The lowest BCUT2D eigenvalue weighted by Gasteiger charge is -2.09. The zero-order valence-corrected chi connectivity index (χ0v) is 12.9. The molecule has 0 radical (unpaired) electrons. The number of allylic oxidation sites excluding steroid dienone is 4. The van der Waals surface area contributed by atoms with Gasteiger partial charge in [-0.3, -0.25) is 0 Å². The summed E-state index contributed by atoms with van der Waals surface area (Å²) in [5.41, 5.74) is 6.55. The summed E-state index contributed by atoms with van der Waals surface area (Å²) >= 11 is 0. The third-order valence-corrected chi connectivity index (χ3v) is 4.34. The van der Waals surface area contributed by atoms with Crippen LogP contribution in [0, 0.1) is 0 Å². The van der Waals surface area contributed by atoms with Crippen LogP contribution in [0.15, 0.2) is 103 Å². The summed E-state index contributed by atoms with van der Waals surface area (Å²) in [5, 5.41) is 0. The van der Waals surface area contributed by atoms with Crippen molar-refractivity contribution in [2.45, 2.75) is 5.92 Å². The molecule has 0 amide bonds. The normalized spacial score (nSPS) is 14.4. The van der Waals surface area contributed by atoms with Crippen LogP contribution in [-0.4, -0.2) is 0 Å². The second-order valence-corrected chi connectivity index (χ2v) is 5.83. The lowest BCUT2D eigenvalue weighted by molar-refractivity contribution is 1.11. The van der Waals surface area contributed by atoms with E-state index in [-0.39, 0.29) is 0 Å². The predicted octanol–water partition coefficient (Wildman–Crippen LogP) is 5.95. The fraction of sp³-hybridized carbons (Fsp3) is 0.0435. The van der Waals surface area contributed by atoms with Gasteiger partial charge >= 0.3 is 0 Å². The maximum atomic E-state index is 2.38. The van der Waals surface area contributed by atoms with E-state index in [0.29, 0.717) is 5.92 Å². The third-order valence-electron chi connectivity index (χ3n) is 4.34. The van der Waals surface area contributed by atoms with Gasteiger partial charge in [0.1, 0.15) is 0 Å². The molecule has 3 aromatic carbocycles. The van der Waals surface area contributed by atoms with Gasteiger partial charge in [-0.05, 0) is 27.8 Å². The summed E-state index contributed by atoms with van der Waals surface area (Å²) in [5.74, 6) is 0.335. The summed E-state index contributed by atoms with van der Waals surface area (Å²) in [4.78, 5) is 0. The summed E-state index contributed by atoms with van der Waals surface area (Å²) in [7, 11) is 0. The fourth-order valence-corrected chi connectivity index (χ4v) is 3.19. The van der Waals surface area contributed by atoms with Crippen LogP contribution in [0.25, 0.3) is 11.1 Å². The number of hydrogen-bond donors (Lipinski definition) is 0. The van der Waals surface area contributed by atoms with Crippen molar-refractivity contribution in [3.8, 4) is 0 Å². The first-order chi connectivity index (χ1) is 11.4. The average Bonchev–Trinajstić information content (AvgIpc) is 3.09. The first kappa shape index (κ1) is 13.8. The molecule has 3 aromatic rings. The Kier molecular flexibility index (Phi) is 3.65. The van der Waals surface area contributed by atoms with Crippen LogP contribution >= 0.6 is 0 Å². The van der Waals surface area contributed by atoms with Crippen LogP contribution in [-0.2, 0) is 0 Å². The van der Waals surface area contributed by atoms with E-state index in [0.717, 1.165) is 0 Å². The predicted molar refractivity (Wildman–Crippen MR) is 98.0 cm³/mol. The highest BCUT2D eigenvalue weighted by atomic mass is 14.2. The maximum absolute atomic E-state index is 2.38. The lowest BCUT2D eigenvalue weighted by Crippen LogP contribution is -1.87. The Hall–Kier alpha value is -2.86. The van der Waals surface area contributed by atoms with E-state index < -0.39 is 0 Å². The Labute approximate surface area is 137 Å². The van der Waals surface area contributed by atoms with Crippen molar-refractivity contribution in [1.82, 2.24) is 0 Å². The summed E-state index contributed by atoms with van der Waals surface area (Å²) in [6, 6.07) is 32.0. The van der Waals surface area contributed by atoms with Crippen molar-refractivity contribution >= 4 is 11.1 Å². The van der Waals surface area contributed by atoms with Gasteiger partial charge in [0.15, 0.2) is 0 Å². The summed E-state index contributed by atoms with van der Waals surface area (Å²) < 4.78 is 0. The van der Waals surface area contributed by atoms with Crippen LogP contribution in [0.2, 0.25) is 0 Å². The molecule has 110 valence electrons. The number of rotatable bonds is 3. The first-order valence-corrected chi connectivity index (χ1v) is 8.01. The molecule has 4 rings (SSSR count). The van der Waals surface area contributed by atoms with Crippen molar-refractivity contribution in [3.63, 3.8) is 0 Å². The molecule has 0 fully saturated rings. The van der Waals surface area contributed by atoms with E-state index in [2.05, 4.69) is 103 Å². The lowest BCUT2D eigenvalue weighted by atomic mass is 9.95. The molecule has 1 aliphatic rings. The average molecular weight is 294 g/mol. The molecule has 23 heavy (non-hydrogen) atoms. The fourth-order valence-electron chi connectivity index (χ4n) is 3.19. The van der Waals surface area contributed by atoms with Crippen molar-refractivity contribution in [2.24, 2.45) is 0 Å². The molecule has 0 atom stereocenters. The molecule has 0 nitrogen and oxygen atoms in total. The van der Waals surface area contributed by atoms with E-state index in [9.17, 15) is 0 Å². The van der Waals surface area contributed by atoms with Crippen LogP contribution in [0.3, 0.4) is 0 Å². The van der Waals surface area contributed by atoms with Gasteiger partial charge in [0.05, 0.1) is 0 Å². The first-order valence-electron chi connectivity index (χ1n) is 8.01. The highest BCUT2D eigenvalue weighted by molar-refractivity contribution is 6.07. The van der Waals surface area contributed by atoms with Crippen molar-refractivity contribution < 1.29 is 0 Å². The molecule has 0 unspecified atom stereocenters. The third kappa shape index (κ3) is 2.76. The van der Waals surface area contributed by atoms with E-state index in [1.807, 2.05) is 0 Å². The largest absolute Gasteiger partial charge is 0.0647 e. The zero-order chi connectivity index (χ0) is 15.5. The molecule has 0 bridgehead atoms. The molecule has 1 aliphatic carbocycles. The van der Waals surface area contributed by atoms with Gasteiger partial charge in [0.2, 0.25) is 0 Å². The van der Waals surface area contributed by atoms with Crippen LogP contribution in [0.5, 0.6) is 0 Å². The Morgan fingerprint density at radius 3 is 1.26 bits per heavy atom. The Morgan fingerprint density at radius 1 is 0.435 bits per heavy atom. The minimum atomic E-state index is 0.335. The second-order valence-electron chi connectivity index (χ2n) is 5.83. The molecule has 0 spiro atoms. The molecule has 0 N–H and O–H groups in total. The van der Waals surface area contributed by atoms with E-state index in [1.54, 1.807) is 0 Å². The Balaban J connectivity index is 1.83. The monoisotopic (exact) mass is 294 g/mol. The van der Waals surface area contributed by atoms with Crippen LogP contribution in [0.4, 0.5) is 0 Å². The zero-order valence-electron chi connectivity index (χ0n) is 12.9. The van der Waals surface area contributed by atoms with Gasteiger partial charge in [-0.1, -0.05) is 103 Å². The molecular weight excluding hydrogens is 276 g/mol. The van der Waals surface area contributed by atoms with Gasteiger partial charge in [-0.2, -0.15) is 0 Å². The van der Waals surface area contributed by atoms with E-state index >= 15 is 0 Å². The van der Waals surface area contributed by atoms with Crippen molar-refractivity contribution in [3.05, 3.63) is 120 Å². The number of benzene rings is 3. The molecule has 0 saturated carbocycles. The molecular formula is C23H18. The van der Waals surface area contributed by atoms with Gasteiger partial charge in [0, 0.05) is 5.92 Å². The quantitative estimate of drug-likeness (QED) is 0.560. The molecule has 0 saturated heterocycles. The minimum Gasteiger partial charge on any atom is -0.0647 e. The van der Waals surface area contributed by atoms with Crippen molar-refractivity contribution in [1.29, 1.82) is 0 Å². The SMILES string of the molecule is C1=C(c2ccccc2)C(c2ccccc2)=CC1c1ccccc1. The van der Waals surface area contributed by atoms with Gasteiger partial charge in [-0.25, -0.2) is 0 Å².